The third kappa shape index (κ3) is 1.39. The number of rotatable bonds is 1. The topological polar surface area (TPSA) is 82.1 Å². The fourth-order valence-corrected chi connectivity index (χ4v) is 0.721. The predicted octanol–water partition coefficient (Wildman–Crippen LogP) is 0.549. The number of nitrogens with two attached hydrogens (primary N) is 1. The third-order valence-electron chi connectivity index (χ3n) is 1.28. The van der Waals surface area contributed by atoms with Crippen molar-refractivity contribution in [3.05, 3.63) is 23.8 Å². The van der Waals surface area contributed by atoms with E-state index < -0.39 is 0 Å². The number of phenolic OH excluding ortho intramolecular Hbond substituents is 1. The summed E-state index contributed by atoms with van der Waals surface area (Å²) in [6.07, 6.45) is 0. The lowest BCUT2D eigenvalue weighted by molar-refractivity contribution is 0.477. The summed E-state index contributed by atoms with van der Waals surface area (Å²) in [5, 5.41) is 17.5. The fraction of sp³-hybridized carbons (Fsp3) is 0. The molecule has 11 heavy (non-hydrogen) atoms. The van der Waals surface area contributed by atoms with E-state index in [9.17, 15) is 0 Å². The molecule has 56 valence electrons. The number of phenols is 1. The van der Waals surface area contributed by atoms with Crippen LogP contribution in [-0.2, 0) is 0 Å². The maximum Gasteiger partial charge on any atom is 0.140 e. The van der Waals surface area contributed by atoms with Gasteiger partial charge in [0, 0.05) is 0 Å². The van der Waals surface area contributed by atoms with Gasteiger partial charge in [-0.2, -0.15) is 5.26 Å². The monoisotopic (exact) mass is 149 g/mol. The summed E-state index contributed by atoms with van der Waals surface area (Å²) >= 11 is 0. The van der Waals surface area contributed by atoms with Crippen LogP contribution in [0.4, 0.5) is 5.69 Å². The van der Waals surface area contributed by atoms with Crippen molar-refractivity contribution >= 4 is 5.69 Å². The van der Waals surface area contributed by atoms with Gasteiger partial charge in [0.05, 0.1) is 17.3 Å². The van der Waals surface area contributed by atoms with Crippen LogP contribution in [0.1, 0.15) is 5.56 Å². The second kappa shape index (κ2) is 2.90. The Bertz CT molecular complexity index is 303. The van der Waals surface area contributed by atoms with Crippen molar-refractivity contribution in [2.45, 2.75) is 0 Å². The molecule has 0 amide bonds. The zero-order chi connectivity index (χ0) is 8.27. The molecule has 0 unspecified atom stereocenters. The van der Waals surface area contributed by atoms with Crippen LogP contribution < -0.4 is 11.3 Å². The largest absolute Gasteiger partial charge is 0.506 e. The number of nitrogens with one attached hydrogen (secondary N) is 1. The second-order valence-electron chi connectivity index (χ2n) is 1.99. The molecule has 1 aromatic carbocycles. The lowest BCUT2D eigenvalue weighted by Gasteiger charge is -2.01. The molecule has 0 aromatic heterocycles. The van der Waals surface area contributed by atoms with Crippen molar-refractivity contribution < 1.29 is 5.11 Å². The highest BCUT2D eigenvalue weighted by Crippen LogP contribution is 2.22. The molecule has 0 fully saturated rings. The van der Waals surface area contributed by atoms with Crippen LogP contribution >= 0.6 is 0 Å². The Kier molecular flexibility index (Phi) is 1.95. The van der Waals surface area contributed by atoms with Crippen LogP contribution in [-0.4, -0.2) is 5.11 Å². The Morgan fingerprint density at radius 1 is 1.55 bits per heavy atom. The van der Waals surface area contributed by atoms with E-state index in [1.807, 2.05) is 6.07 Å². The average molecular weight is 149 g/mol. The molecule has 1 aromatic rings. The summed E-state index contributed by atoms with van der Waals surface area (Å²) in [5.74, 6) is 5.09. The number of nitrogens with zero attached hydrogens (tertiary/aromatic N) is 1. The van der Waals surface area contributed by atoms with E-state index in [1.54, 1.807) is 0 Å². The van der Waals surface area contributed by atoms with Crippen LogP contribution in [0.25, 0.3) is 0 Å². The molecule has 0 spiro atoms. The predicted molar refractivity (Wildman–Crippen MR) is 40.6 cm³/mol. The summed E-state index contributed by atoms with van der Waals surface area (Å²) in [5.41, 5.74) is 3.07. The van der Waals surface area contributed by atoms with Crippen LogP contribution in [0.5, 0.6) is 5.75 Å². The minimum absolute atomic E-state index is 0.0338. The summed E-state index contributed by atoms with van der Waals surface area (Å²) in [7, 11) is 0. The first-order chi connectivity index (χ1) is 5.27. The first-order valence-corrected chi connectivity index (χ1v) is 2.97. The van der Waals surface area contributed by atoms with E-state index in [4.69, 9.17) is 16.2 Å². The molecule has 0 aliphatic heterocycles. The first kappa shape index (κ1) is 7.38. The SMILES string of the molecule is N#Cc1ccc(O)c(NN)c1. The van der Waals surface area contributed by atoms with Crippen molar-refractivity contribution in [2.24, 2.45) is 5.84 Å². The minimum Gasteiger partial charge on any atom is -0.506 e. The lowest BCUT2D eigenvalue weighted by Crippen LogP contribution is -2.06. The van der Waals surface area contributed by atoms with Gasteiger partial charge in [0.2, 0.25) is 0 Å². The first-order valence-electron chi connectivity index (χ1n) is 2.97. The number of hydrogen-bond donors (Lipinski definition) is 3. The van der Waals surface area contributed by atoms with E-state index in [1.165, 1.54) is 18.2 Å². The molecule has 0 heterocycles. The van der Waals surface area contributed by atoms with Gasteiger partial charge in [0.25, 0.3) is 0 Å². The Hall–Kier alpha value is -1.73. The zero-order valence-electron chi connectivity index (χ0n) is 5.70. The number of anilines is 1. The fourth-order valence-electron chi connectivity index (χ4n) is 0.721. The number of benzene rings is 1. The van der Waals surface area contributed by atoms with Crippen molar-refractivity contribution in [1.82, 2.24) is 0 Å². The highest BCUT2D eigenvalue weighted by molar-refractivity contribution is 5.58. The molecular weight excluding hydrogens is 142 g/mol. The van der Waals surface area contributed by atoms with E-state index in [0.717, 1.165) is 0 Å². The normalized spacial score (nSPS) is 8.73. The van der Waals surface area contributed by atoms with Crippen molar-refractivity contribution in [3.63, 3.8) is 0 Å². The highest BCUT2D eigenvalue weighted by Gasteiger charge is 1.98. The van der Waals surface area contributed by atoms with Crippen molar-refractivity contribution in [2.75, 3.05) is 5.43 Å². The smallest absolute Gasteiger partial charge is 0.140 e. The number of nitriles is 1. The third-order valence-corrected chi connectivity index (χ3v) is 1.28. The van der Waals surface area contributed by atoms with Gasteiger partial charge in [-0.25, -0.2) is 0 Å². The Morgan fingerprint density at radius 2 is 2.27 bits per heavy atom. The number of hydrogen-bond acceptors (Lipinski definition) is 4. The van der Waals surface area contributed by atoms with E-state index in [-0.39, 0.29) is 5.75 Å². The summed E-state index contributed by atoms with van der Waals surface area (Å²) in [6, 6.07) is 6.31. The summed E-state index contributed by atoms with van der Waals surface area (Å²) < 4.78 is 0. The van der Waals surface area contributed by atoms with Gasteiger partial charge in [0.15, 0.2) is 0 Å². The summed E-state index contributed by atoms with van der Waals surface area (Å²) in [4.78, 5) is 0. The Morgan fingerprint density at radius 3 is 2.82 bits per heavy atom. The van der Waals surface area contributed by atoms with Gasteiger partial charge in [-0.05, 0) is 18.2 Å². The molecule has 4 heteroatoms. The van der Waals surface area contributed by atoms with Gasteiger partial charge in [-0.15, -0.1) is 0 Å². The molecule has 0 atom stereocenters. The molecule has 0 aliphatic rings. The summed E-state index contributed by atoms with van der Waals surface area (Å²) in [6.45, 7) is 0. The maximum absolute atomic E-state index is 9.08. The van der Waals surface area contributed by atoms with Crippen LogP contribution in [0.3, 0.4) is 0 Å². The van der Waals surface area contributed by atoms with Crippen LogP contribution in [0, 0.1) is 11.3 Å². The second-order valence-corrected chi connectivity index (χ2v) is 1.99. The molecule has 0 saturated carbocycles. The standard InChI is InChI=1S/C7H7N3O/c8-4-5-1-2-7(11)6(3-5)10-9/h1-3,10-11H,9H2. The number of aromatic hydroxyl groups is 1. The highest BCUT2D eigenvalue weighted by atomic mass is 16.3. The van der Waals surface area contributed by atoms with Crippen molar-refractivity contribution in [3.8, 4) is 11.8 Å². The van der Waals surface area contributed by atoms with Gasteiger partial charge in [0.1, 0.15) is 5.75 Å². The minimum atomic E-state index is 0.0338. The van der Waals surface area contributed by atoms with Gasteiger partial charge < -0.3 is 10.5 Å². The van der Waals surface area contributed by atoms with Crippen LogP contribution in [0.15, 0.2) is 18.2 Å². The van der Waals surface area contributed by atoms with E-state index in [0.29, 0.717) is 11.3 Å². The van der Waals surface area contributed by atoms with Gasteiger partial charge in [-0.1, -0.05) is 0 Å². The van der Waals surface area contributed by atoms with Crippen LogP contribution in [0.2, 0.25) is 0 Å². The number of nitrogen functional groups attached to an aromatic ring is 1. The van der Waals surface area contributed by atoms with Gasteiger partial charge in [-0.3, -0.25) is 5.84 Å². The molecule has 4 N–H and O–H groups in total. The van der Waals surface area contributed by atoms with Crippen molar-refractivity contribution in [1.29, 1.82) is 5.26 Å². The van der Waals surface area contributed by atoms with E-state index >= 15 is 0 Å². The average Bonchev–Trinajstić information content (AvgIpc) is 2.05. The maximum atomic E-state index is 9.08. The zero-order valence-corrected chi connectivity index (χ0v) is 5.70. The van der Waals surface area contributed by atoms with Gasteiger partial charge >= 0.3 is 0 Å². The van der Waals surface area contributed by atoms with E-state index in [2.05, 4.69) is 5.43 Å². The quantitative estimate of drug-likeness (QED) is 0.309. The Labute approximate surface area is 63.8 Å². The molecule has 0 radical (unpaired) electrons. The molecule has 0 aliphatic carbocycles. The molecule has 1 rings (SSSR count). The molecule has 0 saturated heterocycles. The molecular formula is C7H7N3O. The molecule has 4 nitrogen and oxygen atoms in total. The Balaban J connectivity index is 3.15. The number of hydrazine groups is 1. The lowest BCUT2D eigenvalue weighted by atomic mass is 10.2. The molecule has 0 bridgehead atoms.